The molecule has 0 bridgehead atoms. The Labute approximate surface area is 218 Å². The zero-order chi connectivity index (χ0) is 23.6. The molecule has 6 heteroatoms. The fourth-order valence-electron chi connectivity index (χ4n) is 3.27. The molecule has 0 radical (unpaired) electrons. The van der Waals surface area contributed by atoms with E-state index >= 15 is 0 Å². The van der Waals surface area contributed by atoms with Crippen molar-refractivity contribution in [1.82, 2.24) is 0 Å². The third kappa shape index (κ3) is 7.08. The van der Waals surface area contributed by atoms with Crippen LogP contribution in [0.2, 0.25) is 0 Å². The molecule has 0 aliphatic rings. The van der Waals surface area contributed by atoms with E-state index < -0.39 is 0 Å². The zero-order valence-electron chi connectivity index (χ0n) is 19.7. The molecule has 2 heterocycles. The Bertz CT molecular complexity index is 1050. The molecular formula is C28H31O2S4+. The maximum Gasteiger partial charge on any atom is 0.221 e. The fraction of sp³-hybridized carbons (Fsp3) is 0.286. The Morgan fingerprint density at radius 3 is 1.79 bits per heavy atom. The second kappa shape index (κ2) is 13.3. The van der Waals surface area contributed by atoms with Crippen LogP contribution >= 0.6 is 34.4 Å². The van der Waals surface area contributed by atoms with Crippen molar-refractivity contribution in [3.8, 4) is 11.5 Å². The monoisotopic (exact) mass is 527 g/mol. The molecule has 0 atom stereocenters. The molecule has 2 nitrogen and oxygen atoms in total. The molecular weight excluding hydrogens is 497 g/mol. The zero-order valence-corrected chi connectivity index (χ0v) is 23.0. The molecule has 0 amide bonds. The number of benzene rings is 2. The first-order chi connectivity index (χ1) is 16.8. The highest BCUT2D eigenvalue weighted by atomic mass is 32.2. The molecule has 4 aromatic rings. The molecule has 0 saturated heterocycles. The maximum atomic E-state index is 5.90. The molecule has 2 aromatic carbocycles. The minimum absolute atomic E-state index is 0.176. The summed E-state index contributed by atoms with van der Waals surface area (Å²) in [7, 11) is -0.176. The molecule has 0 N–H and O–H groups in total. The van der Waals surface area contributed by atoms with E-state index in [-0.39, 0.29) is 10.9 Å². The number of hydrogen-bond donors (Lipinski definition) is 0. The molecule has 0 aliphatic carbocycles. The van der Waals surface area contributed by atoms with Gasteiger partial charge in [-0.2, -0.15) is 0 Å². The van der Waals surface area contributed by atoms with Crippen LogP contribution in [0.25, 0.3) is 0 Å². The lowest BCUT2D eigenvalue weighted by molar-refractivity contribution is 0.309. The van der Waals surface area contributed by atoms with Crippen molar-refractivity contribution in [1.29, 1.82) is 0 Å². The van der Waals surface area contributed by atoms with Crippen LogP contribution in [0, 0.1) is 0 Å². The van der Waals surface area contributed by atoms with Crippen LogP contribution in [-0.2, 0) is 10.9 Å². The summed E-state index contributed by atoms with van der Waals surface area (Å²) >= 11 is 5.53. The van der Waals surface area contributed by atoms with Gasteiger partial charge in [0.05, 0.1) is 21.6 Å². The van der Waals surface area contributed by atoms with Gasteiger partial charge in [-0.1, -0.05) is 55.9 Å². The van der Waals surface area contributed by atoms with Crippen LogP contribution < -0.4 is 9.47 Å². The van der Waals surface area contributed by atoms with Gasteiger partial charge in [-0.05, 0) is 78.9 Å². The van der Waals surface area contributed by atoms with Crippen LogP contribution in [-0.4, -0.2) is 13.2 Å². The predicted octanol–water partition coefficient (Wildman–Crippen LogP) is 9.41. The third-order valence-electron chi connectivity index (χ3n) is 5.11. The van der Waals surface area contributed by atoms with Crippen molar-refractivity contribution in [2.24, 2.45) is 0 Å². The van der Waals surface area contributed by atoms with Gasteiger partial charge in [0.2, 0.25) is 4.21 Å². The summed E-state index contributed by atoms with van der Waals surface area (Å²) in [6, 6.07) is 26.2. The predicted molar refractivity (Wildman–Crippen MR) is 149 cm³/mol. The van der Waals surface area contributed by atoms with Gasteiger partial charge in [0.25, 0.3) is 0 Å². The molecule has 0 saturated carbocycles. The van der Waals surface area contributed by atoms with Crippen LogP contribution in [0.1, 0.15) is 39.5 Å². The Hall–Kier alpha value is -1.86. The Morgan fingerprint density at radius 2 is 1.29 bits per heavy atom. The summed E-state index contributed by atoms with van der Waals surface area (Å²) in [5.41, 5.74) is 0. The van der Waals surface area contributed by atoms with E-state index in [1.807, 2.05) is 23.1 Å². The lowest BCUT2D eigenvalue weighted by Crippen LogP contribution is -2.04. The van der Waals surface area contributed by atoms with E-state index in [2.05, 4.69) is 92.0 Å². The van der Waals surface area contributed by atoms with Crippen LogP contribution in [0.4, 0.5) is 0 Å². The highest BCUT2D eigenvalue weighted by Crippen LogP contribution is 2.42. The lowest BCUT2D eigenvalue weighted by atomic mass is 10.3. The summed E-state index contributed by atoms with van der Waals surface area (Å²) in [6.07, 6.45) is 4.45. The minimum Gasteiger partial charge on any atom is -0.494 e. The van der Waals surface area contributed by atoms with E-state index in [0.29, 0.717) is 0 Å². The standard InChI is InChI=1S/C28H31O2S4/c1-3-5-19-29-22-9-13-24(14-10-22)34(25-15-11-23(12-16-25)30-20-6-4-2)28-18-17-27(33-28)32-26-8-7-21-31-26/h7-18,21H,3-6,19-20H2,1-2H3/q+1. The number of rotatable bonds is 13. The summed E-state index contributed by atoms with van der Waals surface area (Å²) in [5, 5.41) is 2.13. The van der Waals surface area contributed by atoms with Gasteiger partial charge in [-0.15, -0.1) is 11.3 Å². The second-order valence-corrected chi connectivity index (χ2v) is 13.6. The highest BCUT2D eigenvalue weighted by molar-refractivity contribution is 8.03. The van der Waals surface area contributed by atoms with Crippen molar-refractivity contribution >= 4 is 45.3 Å². The molecule has 0 spiro atoms. The normalized spacial score (nSPS) is 11.1. The quantitative estimate of drug-likeness (QED) is 0.127. The Morgan fingerprint density at radius 1 is 0.706 bits per heavy atom. The highest BCUT2D eigenvalue weighted by Gasteiger charge is 2.31. The van der Waals surface area contributed by atoms with Crippen LogP contribution in [0.15, 0.2) is 101 Å². The minimum atomic E-state index is -0.176. The average molecular weight is 528 g/mol. The number of ether oxygens (including phenoxy) is 2. The Balaban J connectivity index is 1.58. The number of thiophene rings is 2. The van der Waals surface area contributed by atoms with E-state index in [9.17, 15) is 0 Å². The summed E-state index contributed by atoms with van der Waals surface area (Å²) < 4.78 is 15.8. The van der Waals surface area contributed by atoms with Crippen molar-refractivity contribution in [3.05, 3.63) is 78.2 Å². The SMILES string of the molecule is CCCCOc1ccc([S+](c2ccc(OCCCC)cc2)c2ccc(Sc3cccs3)s2)cc1. The van der Waals surface area contributed by atoms with E-state index in [4.69, 9.17) is 9.47 Å². The molecule has 0 unspecified atom stereocenters. The molecule has 178 valence electrons. The van der Waals surface area contributed by atoms with Gasteiger partial charge >= 0.3 is 0 Å². The topological polar surface area (TPSA) is 18.5 Å². The number of unbranched alkanes of at least 4 members (excludes halogenated alkanes) is 2. The smallest absolute Gasteiger partial charge is 0.221 e. The van der Waals surface area contributed by atoms with Crippen molar-refractivity contribution in [2.45, 2.75) is 61.9 Å². The van der Waals surface area contributed by atoms with E-state index in [1.165, 1.54) is 22.4 Å². The fourth-order valence-corrected chi connectivity index (χ4v) is 9.26. The first kappa shape index (κ1) is 25.2. The summed E-state index contributed by atoms with van der Waals surface area (Å²) in [6.45, 7) is 5.92. The van der Waals surface area contributed by atoms with E-state index in [0.717, 1.165) is 50.4 Å². The summed E-state index contributed by atoms with van der Waals surface area (Å²) in [4.78, 5) is 2.61. The van der Waals surface area contributed by atoms with Gasteiger partial charge < -0.3 is 9.47 Å². The lowest BCUT2D eigenvalue weighted by Gasteiger charge is -2.09. The summed E-state index contributed by atoms with van der Waals surface area (Å²) in [5.74, 6) is 1.89. The molecule has 2 aromatic heterocycles. The third-order valence-corrected chi connectivity index (χ3v) is 10.9. The molecule has 4 rings (SSSR count). The van der Waals surface area contributed by atoms with Crippen molar-refractivity contribution in [2.75, 3.05) is 13.2 Å². The van der Waals surface area contributed by atoms with Gasteiger partial charge in [-0.25, -0.2) is 0 Å². The van der Waals surface area contributed by atoms with E-state index in [1.54, 1.807) is 11.3 Å². The van der Waals surface area contributed by atoms with Crippen LogP contribution in [0.5, 0.6) is 11.5 Å². The number of hydrogen-bond acceptors (Lipinski definition) is 5. The van der Waals surface area contributed by atoms with Crippen molar-refractivity contribution < 1.29 is 9.47 Å². The second-order valence-electron chi connectivity index (χ2n) is 7.76. The van der Waals surface area contributed by atoms with Gasteiger partial charge in [-0.3, -0.25) is 0 Å². The Kier molecular flexibility index (Phi) is 9.86. The van der Waals surface area contributed by atoms with Crippen molar-refractivity contribution in [3.63, 3.8) is 0 Å². The first-order valence-electron chi connectivity index (χ1n) is 11.8. The molecule has 34 heavy (non-hydrogen) atoms. The average Bonchev–Trinajstić information content (AvgIpc) is 3.54. The first-order valence-corrected chi connectivity index (χ1v) is 15.5. The van der Waals surface area contributed by atoms with Gasteiger partial charge in [0.1, 0.15) is 22.4 Å². The van der Waals surface area contributed by atoms with Gasteiger partial charge in [0, 0.05) is 6.07 Å². The van der Waals surface area contributed by atoms with Gasteiger partial charge in [0.15, 0.2) is 9.79 Å². The molecule has 0 fully saturated rings. The maximum absolute atomic E-state index is 5.90. The van der Waals surface area contributed by atoms with Crippen LogP contribution in [0.3, 0.4) is 0 Å². The largest absolute Gasteiger partial charge is 0.494 e. The molecule has 0 aliphatic heterocycles.